The zero-order valence-corrected chi connectivity index (χ0v) is 10.3. The van der Waals surface area contributed by atoms with Gasteiger partial charge in [-0.2, -0.15) is 0 Å². The van der Waals surface area contributed by atoms with Gasteiger partial charge in [-0.15, -0.1) is 0 Å². The predicted octanol–water partition coefficient (Wildman–Crippen LogP) is 0.572. The Hall–Kier alpha value is -1.30. The van der Waals surface area contributed by atoms with Crippen LogP contribution in [-0.4, -0.2) is 41.9 Å². The summed E-state index contributed by atoms with van der Waals surface area (Å²) in [6.45, 7) is 6.80. The summed E-state index contributed by atoms with van der Waals surface area (Å²) in [5.41, 5.74) is -0.643. The molecule has 0 aliphatic carbocycles. The summed E-state index contributed by atoms with van der Waals surface area (Å²) in [6, 6.07) is -1.40. The highest BCUT2D eigenvalue weighted by Gasteiger charge is 2.27. The highest BCUT2D eigenvalue weighted by Crippen LogP contribution is 2.07. The van der Waals surface area contributed by atoms with E-state index in [1.54, 1.807) is 34.7 Å². The molecule has 0 saturated carbocycles. The van der Waals surface area contributed by atoms with Crippen LogP contribution in [0.3, 0.4) is 0 Å². The first kappa shape index (κ1) is 14.7. The quantitative estimate of drug-likeness (QED) is 0.659. The van der Waals surface area contributed by atoms with Crippen molar-refractivity contribution in [2.75, 3.05) is 7.05 Å². The van der Waals surface area contributed by atoms with Crippen molar-refractivity contribution in [3.63, 3.8) is 0 Å². The van der Waals surface area contributed by atoms with Crippen molar-refractivity contribution in [3.8, 4) is 0 Å². The fourth-order valence-corrected chi connectivity index (χ4v) is 1.00. The van der Waals surface area contributed by atoms with Crippen LogP contribution < -0.4 is 10.6 Å². The molecule has 0 spiro atoms. The standard InChI is InChI=1S/C10H20N2O4/c1-6(11-5)7(8(13)14)12-9(15)16-10(2,3)4/h6-7,11H,1-5H3,(H,12,15)(H,13,14). The van der Waals surface area contributed by atoms with Crippen LogP contribution in [0.1, 0.15) is 27.7 Å². The van der Waals surface area contributed by atoms with Gasteiger partial charge in [-0.25, -0.2) is 9.59 Å². The molecule has 0 bridgehead atoms. The molecule has 6 nitrogen and oxygen atoms in total. The van der Waals surface area contributed by atoms with Crippen LogP contribution in [0.4, 0.5) is 4.79 Å². The molecule has 0 aromatic carbocycles. The third kappa shape index (κ3) is 5.55. The van der Waals surface area contributed by atoms with Crippen molar-refractivity contribution in [1.82, 2.24) is 10.6 Å². The Balaban J connectivity index is 4.42. The summed E-state index contributed by atoms with van der Waals surface area (Å²) in [7, 11) is 1.62. The zero-order valence-electron chi connectivity index (χ0n) is 10.3. The van der Waals surface area contributed by atoms with Gasteiger partial charge in [-0.3, -0.25) is 0 Å². The second-order valence-corrected chi connectivity index (χ2v) is 4.54. The van der Waals surface area contributed by atoms with Crippen molar-refractivity contribution >= 4 is 12.1 Å². The van der Waals surface area contributed by atoms with E-state index in [2.05, 4.69) is 10.6 Å². The number of carboxylic acid groups (broad SMARTS) is 1. The lowest BCUT2D eigenvalue weighted by molar-refractivity contribution is -0.140. The second kappa shape index (κ2) is 5.69. The zero-order chi connectivity index (χ0) is 12.9. The van der Waals surface area contributed by atoms with E-state index >= 15 is 0 Å². The van der Waals surface area contributed by atoms with Gasteiger partial charge >= 0.3 is 12.1 Å². The molecule has 6 heteroatoms. The monoisotopic (exact) mass is 232 g/mol. The third-order valence-corrected chi connectivity index (χ3v) is 1.89. The van der Waals surface area contributed by atoms with Gasteiger partial charge < -0.3 is 20.5 Å². The third-order valence-electron chi connectivity index (χ3n) is 1.89. The molecular weight excluding hydrogens is 212 g/mol. The Morgan fingerprint density at radius 1 is 1.31 bits per heavy atom. The Bertz CT molecular complexity index is 260. The minimum Gasteiger partial charge on any atom is -0.480 e. The van der Waals surface area contributed by atoms with Gasteiger partial charge in [0.05, 0.1) is 0 Å². The fraction of sp³-hybridized carbons (Fsp3) is 0.800. The van der Waals surface area contributed by atoms with E-state index in [9.17, 15) is 9.59 Å². The van der Waals surface area contributed by atoms with E-state index in [0.29, 0.717) is 0 Å². The molecule has 0 aliphatic heterocycles. The average molecular weight is 232 g/mol. The smallest absolute Gasteiger partial charge is 0.408 e. The molecule has 2 unspecified atom stereocenters. The molecule has 0 heterocycles. The molecule has 0 fully saturated rings. The highest BCUT2D eigenvalue weighted by atomic mass is 16.6. The molecule has 3 N–H and O–H groups in total. The van der Waals surface area contributed by atoms with Gasteiger partial charge in [0.1, 0.15) is 11.6 Å². The van der Waals surface area contributed by atoms with Crippen molar-refractivity contribution in [2.24, 2.45) is 0 Å². The Kier molecular flexibility index (Phi) is 5.23. The van der Waals surface area contributed by atoms with E-state index in [4.69, 9.17) is 9.84 Å². The van der Waals surface area contributed by atoms with Crippen LogP contribution in [0.25, 0.3) is 0 Å². The summed E-state index contributed by atoms with van der Waals surface area (Å²) in [6.07, 6.45) is -0.734. The summed E-state index contributed by atoms with van der Waals surface area (Å²) in [4.78, 5) is 22.3. The molecule has 0 saturated heterocycles. The van der Waals surface area contributed by atoms with Crippen LogP contribution >= 0.6 is 0 Å². The Labute approximate surface area is 95.4 Å². The number of carbonyl (C=O) groups is 2. The van der Waals surface area contributed by atoms with Gasteiger partial charge in [0.15, 0.2) is 0 Å². The topological polar surface area (TPSA) is 87.7 Å². The molecule has 94 valence electrons. The van der Waals surface area contributed by atoms with Gasteiger partial charge in [-0.1, -0.05) is 0 Å². The van der Waals surface area contributed by atoms with Crippen molar-refractivity contribution in [2.45, 2.75) is 45.4 Å². The van der Waals surface area contributed by atoms with Crippen LogP contribution in [0, 0.1) is 0 Å². The fourth-order valence-electron chi connectivity index (χ4n) is 1.00. The first-order valence-electron chi connectivity index (χ1n) is 5.07. The molecule has 0 rings (SSSR count). The van der Waals surface area contributed by atoms with Gasteiger partial charge in [0.25, 0.3) is 0 Å². The van der Waals surface area contributed by atoms with Gasteiger partial charge in [0.2, 0.25) is 0 Å². The summed E-state index contributed by atoms with van der Waals surface area (Å²) in [5, 5.41) is 14.0. The SMILES string of the molecule is CNC(C)C(NC(=O)OC(C)(C)C)C(=O)O. The molecule has 0 aliphatic rings. The maximum absolute atomic E-state index is 11.4. The minimum absolute atomic E-state index is 0.384. The number of hydrogen-bond donors (Lipinski definition) is 3. The molecular formula is C10H20N2O4. The number of carboxylic acids is 1. The number of nitrogens with one attached hydrogen (secondary N) is 2. The number of hydrogen-bond acceptors (Lipinski definition) is 4. The van der Waals surface area contributed by atoms with Crippen LogP contribution in [0.5, 0.6) is 0 Å². The molecule has 2 atom stereocenters. The van der Waals surface area contributed by atoms with E-state index < -0.39 is 23.7 Å². The van der Waals surface area contributed by atoms with Crippen molar-refractivity contribution in [3.05, 3.63) is 0 Å². The van der Waals surface area contributed by atoms with Crippen molar-refractivity contribution < 1.29 is 19.4 Å². The number of carbonyl (C=O) groups excluding carboxylic acids is 1. The normalized spacial score (nSPS) is 15.1. The molecule has 0 aromatic heterocycles. The van der Waals surface area contributed by atoms with Crippen LogP contribution in [0.15, 0.2) is 0 Å². The number of ether oxygens (including phenoxy) is 1. The molecule has 0 radical (unpaired) electrons. The lowest BCUT2D eigenvalue weighted by Crippen LogP contribution is -2.53. The first-order valence-corrected chi connectivity index (χ1v) is 5.07. The minimum atomic E-state index is -1.10. The molecule has 0 aromatic rings. The predicted molar refractivity (Wildman–Crippen MR) is 59.3 cm³/mol. The second-order valence-electron chi connectivity index (χ2n) is 4.54. The number of rotatable bonds is 4. The first-order chi connectivity index (χ1) is 7.17. The van der Waals surface area contributed by atoms with Crippen molar-refractivity contribution in [1.29, 1.82) is 0 Å². The number of likely N-dealkylation sites (N-methyl/N-ethyl adjacent to an activating group) is 1. The summed E-state index contributed by atoms with van der Waals surface area (Å²) in [5.74, 6) is -1.10. The highest BCUT2D eigenvalue weighted by molar-refractivity contribution is 5.80. The lowest BCUT2D eigenvalue weighted by Gasteiger charge is -2.24. The van der Waals surface area contributed by atoms with Gasteiger partial charge in [-0.05, 0) is 34.7 Å². The van der Waals surface area contributed by atoms with E-state index in [0.717, 1.165) is 0 Å². The van der Waals surface area contributed by atoms with Crippen LogP contribution in [-0.2, 0) is 9.53 Å². The van der Waals surface area contributed by atoms with Gasteiger partial charge in [0, 0.05) is 6.04 Å². The summed E-state index contributed by atoms with van der Waals surface area (Å²) >= 11 is 0. The number of aliphatic carboxylic acids is 1. The maximum Gasteiger partial charge on any atom is 0.408 e. The Morgan fingerprint density at radius 2 is 1.81 bits per heavy atom. The Morgan fingerprint density at radius 3 is 2.12 bits per heavy atom. The maximum atomic E-state index is 11.4. The van der Waals surface area contributed by atoms with Crippen LogP contribution in [0.2, 0.25) is 0 Å². The van der Waals surface area contributed by atoms with E-state index in [1.807, 2.05) is 0 Å². The van der Waals surface area contributed by atoms with E-state index in [-0.39, 0.29) is 6.04 Å². The molecule has 1 amide bonds. The largest absolute Gasteiger partial charge is 0.480 e. The average Bonchev–Trinajstić information content (AvgIpc) is 2.09. The lowest BCUT2D eigenvalue weighted by atomic mass is 10.1. The molecule has 16 heavy (non-hydrogen) atoms. The number of amides is 1. The summed E-state index contributed by atoms with van der Waals surface area (Å²) < 4.78 is 4.97. The van der Waals surface area contributed by atoms with E-state index in [1.165, 1.54) is 0 Å². The number of alkyl carbamates (subject to hydrolysis) is 1.